The first-order chi connectivity index (χ1) is 12.5. The SMILES string of the molecule is CCOC(=O)c1n[nH]nc1-c1cc(CN2CCC(C)CC2)c(C)cc1C. The first-order valence-corrected chi connectivity index (χ1v) is 9.40. The first kappa shape index (κ1) is 18.6. The van der Waals surface area contributed by atoms with Crippen LogP contribution in [0.5, 0.6) is 0 Å². The molecule has 26 heavy (non-hydrogen) atoms. The number of esters is 1. The molecule has 0 bridgehead atoms. The summed E-state index contributed by atoms with van der Waals surface area (Å²) in [4.78, 5) is 14.7. The molecule has 6 nitrogen and oxygen atoms in total. The minimum absolute atomic E-state index is 0.247. The number of benzene rings is 1. The highest BCUT2D eigenvalue weighted by Gasteiger charge is 2.22. The predicted molar refractivity (Wildman–Crippen MR) is 101 cm³/mol. The summed E-state index contributed by atoms with van der Waals surface area (Å²) < 4.78 is 5.10. The van der Waals surface area contributed by atoms with Crippen molar-refractivity contribution in [1.82, 2.24) is 20.3 Å². The molecule has 1 aliphatic rings. The topological polar surface area (TPSA) is 71.1 Å². The van der Waals surface area contributed by atoms with Crippen LogP contribution in [0.3, 0.4) is 0 Å². The van der Waals surface area contributed by atoms with Crippen molar-refractivity contribution < 1.29 is 9.53 Å². The van der Waals surface area contributed by atoms with Crippen molar-refractivity contribution in [2.75, 3.05) is 19.7 Å². The fourth-order valence-corrected chi connectivity index (χ4v) is 3.54. The molecule has 2 aromatic rings. The van der Waals surface area contributed by atoms with E-state index in [1.54, 1.807) is 6.92 Å². The second-order valence-corrected chi connectivity index (χ2v) is 7.29. The molecule has 0 atom stereocenters. The van der Waals surface area contributed by atoms with Gasteiger partial charge in [0.2, 0.25) is 0 Å². The molecular weight excluding hydrogens is 328 g/mol. The molecule has 0 aliphatic carbocycles. The van der Waals surface area contributed by atoms with Gasteiger partial charge in [0.15, 0.2) is 5.69 Å². The molecule has 3 rings (SSSR count). The number of aryl methyl sites for hydroxylation is 2. The Morgan fingerprint density at radius 3 is 2.65 bits per heavy atom. The number of likely N-dealkylation sites (tertiary alicyclic amines) is 1. The second kappa shape index (κ2) is 7.99. The van der Waals surface area contributed by atoms with Crippen LogP contribution in [0.25, 0.3) is 11.3 Å². The molecule has 1 aromatic carbocycles. The molecule has 0 radical (unpaired) electrons. The van der Waals surface area contributed by atoms with E-state index in [1.165, 1.54) is 24.0 Å². The molecule has 1 saturated heterocycles. The van der Waals surface area contributed by atoms with Gasteiger partial charge in [0.05, 0.1) is 6.61 Å². The van der Waals surface area contributed by atoms with Crippen LogP contribution >= 0.6 is 0 Å². The van der Waals surface area contributed by atoms with Crippen molar-refractivity contribution in [1.29, 1.82) is 0 Å². The fourth-order valence-electron chi connectivity index (χ4n) is 3.54. The number of rotatable bonds is 5. The average Bonchev–Trinajstić information content (AvgIpc) is 3.09. The lowest BCUT2D eigenvalue weighted by Crippen LogP contribution is -2.32. The number of nitrogens with zero attached hydrogens (tertiary/aromatic N) is 3. The third-order valence-electron chi connectivity index (χ3n) is 5.22. The largest absolute Gasteiger partial charge is 0.461 e. The summed E-state index contributed by atoms with van der Waals surface area (Å²) in [5.41, 5.74) is 5.38. The number of hydrogen-bond acceptors (Lipinski definition) is 5. The molecule has 2 heterocycles. The van der Waals surface area contributed by atoms with E-state index in [0.717, 1.165) is 36.7 Å². The van der Waals surface area contributed by atoms with Crippen molar-refractivity contribution in [2.24, 2.45) is 5.92 Å². The minimum atomic E-state index is -0.442. The standard InChI is InChI=1S/C20H28N4O2/c1-5-26-20(25)19-18(21-23-22-19)17-11-16(14(3)10-15(17)4)12-24-8-6-13(2)7-9-24/h10-11,13H,5-9,12H2,1-4H3,(H,21,22,23). The molecule has 140 valence electrons. The van der Waals surface area contributed by atoms with E-state index in [9.17, 15) is 4.79 Å². The molecule has 6 heteroatoms. The molecule has 1 aliphatic heterocycles. The summed E-state index contributed by atoms with van der Waals surface area (Å²) in [6.07, 6.45) is 2.52. The Hall–Kier alpha value is -2.21. The van der Waals surface area contributed by atoms with E-state index in [0.29, 0.717) is 12.3 Å². The molecule has 0 amide bonds. The van der Waals surface area contributed by atoms with Crippen LogP contribution in [0.1, 0.15) is 53.9 Å². The molecule has 1 N–H and O–H groups in total. The van der Waals surface area contributed by atoms with Gasteiger partial charge < -0.3 is 4.74 Å². The first-order valence-electron chi connectivity index (χ1n) is 9.40. The van der Waals surface area contributed by atoms with Crippen molar-refractivity contribution in [3.05, 3.63) is 34.5 Å². The van der Waals surface area contributed by atoms with Gasteiger partial charge in [0, 0.05) is 12.1 Å². The molecule has 0 saturated carbocycles. The smallest absolute Gasteiger partial charge is 0.361 e. The van der Waals surface area contributed by atoms with Crippen LogP contribution < -0.4 is 0 Å². The van der Waals surface area contributed by atoms with Gasteiger partial charge in [0.1, 0.15) is 5.69 Å². The molecule has 1 fully saturated rings. The quantitative estimate of drug-likeness (QED) is 0.830. The number of ether oxygens (including phenoxy) is 1. The number of carbonyl (C=O) groups excluding carboxylic acids is 1. The van der Waals surface area contributed by atoms with Crippen LogP contribution in [0, 0.1) is 19.8 Å². The number of H-pyrrole nitrogens is 1. The van der Waals surface area contributed by atoms with E-state index >= 15 is 0 Å². The van der Waals surface area contributed by atoms with E-state index in [1.807, 2.05) is 6.92 Å². The van der Waals surface area contributed by atoms with E-state index in [-0.39, 0.29) is 5.69 Å². The van der Waals surface area contributed by atoms with E-state index in [2.05, 4.69) is 46.3 Å². The lowest BCUT2D eigenvalue weighted by molar-refractivity contribution is 0.0520. The van der Waals surface area contributed by atoms with Gasteiger partial charge in [-0.2, -0.15) is 10.3 Å². The molecule has 0 spiro atoms. The maximum absolute atomic E-state index is 12.2. The third kappa shape index (κ3) is 3.96. The molecule has 0 unspecified atom stereocenters. The highest BCUT2D eigenvalue weighted by atomic mass is 16.5. The number of aromatic amines is 1. The summed E-state index contributed by atoms with van der Waals surface area (Å²) in [6.45, 7) is 11.8. The lowest BCUT2D eigenvalue weighted by atomic mass is 9.95. The minimum Gasteiger partial charge on any atom is -0.461 e. The molecule has 1 aromatic heterocycles. The molecular formula is C20H28N4O2. The van der Waals surface area contributed by atoms with Crippen LogP contribution in [-0.2, 0) is 11.3 Å². The fraction of sp³-hybridized carbons (Fsp3) is 0.550. The zero-order valence-electron chi connectivity index (χ0n) is 16.1. The Labute approximate surface area is 154 Å². The normalized spacial score (nSPS) is 16.0. The van der Waals surface area contributed by atoms with Crippen molar-refractivity contribution in [3.8, 4) is 11.3 Å². The van der Waals surface area contributed by atoms with Crippen molar-refractivity contribution in [3.63, 3.8) is 0 Å². The monoisotopic (exact) mass is 356 g/mol. The summed E-state index contributed by atoms with van der Waals surface area (Å²) >= 11 is 0. The van der Waals surface area contributed by atoms with Crippen LogP contribution in [0.15, 0.2) is 12.1 Å². The second-order valence-electron chi connectivity index (χ2n) is 7.29. The third-order valence-corrected chi connectivity index (χ3v) is 5.22. The zero-order chi connectivity index (χ0) is 18.7. The van der Waals surface area contributed by atoms with E-state index < -0.39 is 5.97 Å². The Balaban J connectivity index is 1.89. The van der Waals surface area contributed by atoms with Gasteiger partial charge in [-0.15, -0.1) is 5.10 Å². The van der Waals surface area contributed by atoms with Gasteiger partial charge >= 0.3 is 5.97 Å². The Morgan fingerprint density at radius 1 is 1.23 bits per heavy atom. The number of piperidine rings is 1. The van der Waals surface area contributed by atoms with Gasteiger partial charge in [-0.1, -0.05) is 13.0 Å². The Morgan fingerprint density at radius 2 is 1.96 bits per heavy atom. The van der Waals surface area contributed by atoms with Crippen LogP contribution in [0.4, 0.5) is 0 Å². The van der Waals surface area contributed by atoms with E-state index in [4.69, 9.17) is 4.74 Å². The number of hydrogen-bond donors (Lipinski definition) is 1. The number of aromatic nitrogens is 3. The maximum Gasteiger partial charge on any atom is 0.361 e. The zero-order valence-corrected chi connectivity index (χ0v) is 16.1. The van der Waals surface area contributed by atoms with Gasteiger partial charge in [-0.3, -0.25) is 4.90 Å². The maximum atomic E-state index is 12.2. The summed E-state index contributed by atoms with van der Waals surface area (Å²) in [5, 5.41) is 10.8. The van der Waals surface area contributed by atoms with Crippen molar-refractivity contribution in [2.45, 2.75) is 47.1 Å². The summed E-state index contributed by atoms with van der Waals surface area (Å²) in [7, 11) is 0. The van der Waals surface area contributed by atoms with Gasteiger partial charge in [-0.25, -0.2) is 4.79 Å². The summed E-state index contributed by atoms with van der Waals surface area (Å²) in [5.74, 6) is 0.381. The average molecular weight is 356 g/mol. The summed E-state index contributed by atoms with van der Waals surface area (Å²) in [6, 6.07) is 4.32. The highest BCUT2D eigenvalue weighted by Crippen LogP contribution is 2.29. The van der Waals surface area contributed by atoms with Crippen LogP contribution in [-0.4, -0.2) is 46.0 Å². The van der Waals surface area contributed by atoms with Crippen LogP contribution in [0.2, 0.25) is 0 Å². The lowest BCUT2D eigenvalue weighted by Gasteiger charge is -2.30. The Bertz CT molecular complexity index is 776. The number of carbonyl (C=O) groups is 1. The Kier molecular flexibility index (Phi) is 5.71. The predicted octanol–water partition coefficient (Wildman–Crippen LogP) is 3.50. The van der Waals surface area contributed by atoms with Crippen molar-refractivity contribution >= 4 is 5.97 Å². The van der Waals surface area contributed by atoms with Gasteiger partial charge in [0.25, 0.3) is 0 Å². The highest BCUT2D eigenvalue weighted by molar-refractivity contribution is 5.94. The number of nitrogens with one attached hydrogen (secondary N) is 1. The van der Waals surface area contributed by atoms with Gasteiger partial charge in [-0.05, 0) is 75.4 Å².